The number of hydrogen-bond acceptors (Lipinski definition) is 8. The van der Waals surface area contributed by atoms with Crippen LogP contribution in [0.5, 0.6) is 0 Å². The van der Waals surface area contributed by atoms with E-state index in [0.29, 0.717) is 32.4 Å². The third-order valence-electron chi connectivity index (χ3n) is 3.65. The van der Waals surface area contributed by atoms with Gasteiger partial charge in [0.1, 0.15) is 0 Å². The molecule has 4 aliphatic heterocycles. The van der Waals surface area contributed by atoms with Crippen LogP contribution in [0.25, 0.3) is 21.4 Å². The average molecular weight is 716 g/mol. The molecule has 0 radical (unpaired) electrons. The van der Waals surface area contributed by atoms with Crippen LogP contribution in [0, 0.1) is 20.7 Å². The standard InChI is InChI=1S/C12H6F2N6S4Se4/c1-19-9(5(21)3(13)7-11(19)15-25-23-7)17-27-28-18-10-6(22)4(14)8-12(20(10)2)16-26-24-8/h1-2H3/b17-9+,18-10+. The van der Waals surface area contributed by atoms with E-state index in [2.05, 4.69) is 16.0 Å². The molecular formula is C12H6F2N6S4Se4. The Morgan fingerprint density at radius 1 is 0.857 bits per heavy atom. The van der Waals surface area contributed by atoms with Gasteiger partial charge < -0.3 is 0 Å². The summed E-state index contributed by atoms with van der Waals surface area (Å²) in [5, 5.41) is 0. The fourth-order valence-corrected chi connectivity index (χ4v) is 13.4. The van der Waals surface area contributed by atoms with E-state index < -0.39 is 11.6 Å². The van der Waals surface area contributed by atoms with Gasteiger partial charge in [-0.25, -0.2) is 0 Å². The van der Waals surface area contributed by atoms with Crippen LogP contribution in [-0.4, -0.2) is 70.9 Å². The summed E-state index contributed by atoms with van der Waals surface area (Å²) in [6.45, 7) is 0. The zero-order valence-electron chi connectivity index (χ0n) is 13.7. The SMILES string of the molecule is Cn1c2n[se]sc-2c(F)c(=S)/c1=N\[Se][Se]/N=c1\c(=S)c(F)c2s[se]nc-2n1C. The molecule has 16 heteroatoms. The second-order valence-electron chi connectivity index (χ2n) is 5.19. The number of nitrogens with zero attached hydrogens (tertiary/aromatic N) is 6. The van der Waals surface area contributed by atoms with Gasteiger partial charge >= 0.3 is 199 Å². The average Bonchev–Trinajstić information content (AvgIpc) is 3.36. The van der Waals surface area contributed by atoms with E-state index in [1.165, 1.54) is 19.4 Å². The summed E-state index contributed by atoms with van der Waals surface area (Å²) < 4.78 is 50.4. The molecule has 146 valence electrons. The van der Waals surface area contributed by atoms with Crippen LogP contribution in [0.15, 0.2) is 8.02 Å². The van der Waals surface area contributed by atoms with Crippen molar-refractivity contribution in [1.82, 2.24) is 17.1 Å². The van der Waals surface area contributed by atoms with Crippen molar-refractivity contribution in [2.24, 2.45) is 22.1 Å². The minimum atomic E-state index is -0.420. The molecule has 0 aliphatic carbocycles. The molecule has 0 unspecified atom stereocenters. The zero-order chi connectivity index (χ0) is 20.0. The quantitative estimate of drug-likeness (QED) is 0.181. The van der Waals surface area contributed by atoms with E-state index in [-0.39, 0.29) is 62.9 Å². The van der Waals surface area contributed by atoms with Crippen molar-refractivity contribution < 1.29 is 8.78 Å². The number of fused-ring (bicyclic) bond motifs is 2. The Morgan fingerprint density at radius 2 is 1.25 bits per heavy atom. The first-order valence-electron chi connectivity index (χ1n) is 7.11. The summed E-state index contributed by atoms with van der Waals surface area (Å²) in [7, 11) is 6.37. The number of halogens is 2. The normalized spacial score (nSPS) is 13.3. The van der Waals surface area contributed by atoms with Crippen molar-refractivity contribution >= 4 is 97.7 Å². The molecule has 0 saturated heterocycles. The molecule has 4 rings (SSSR count). The molecule has 0 atom stereocenters. The third-order valence-corrected chi connectivity index (χ3v) is 14.0. The second kappa shape index (κ2) is 8.82. The van der Waals surface area contributed by atoms with E-state index in [4.69, 9.17) is 24.4 Å². The first-order valence-corrected chi connectivity index (χ1v) is 21.0. The Bertz CT molecular complexity index is 1270. The first kappa shape index (κ1) is 21.5. The van der Waals surface area contributed by atoms with Gasteiger partial charge in [-0.3, -0.25) is 0 Å². The molecule has 28 heavy (non-hydrogen) atoms. The molecule has 0 aromatic heterocycles. The van der Waals surface area contributed by atoms with Crippen LogP contribution < -0.4 is 11.0 Å². The zero-order valence-corrected chi connectivity index (χ0v) is 23.8. The van der Waals surface area contributed by atoms with E-state index in [1.807, 2.05) is 0 Å². The second-order valence-corrected chi connectivity index (χ2v) is 16.8. The number of hydrogen-bond donors (Lipinski definition) is 0. The van der Waals surface area contributed by atoms with Gasteiger partial charge in [-0.1, -0.05) is 0 Å². The van der Waals surface area contributed by atoms with Crippen molar-refractivity contribution in [3.05, 3.63) is 31.6 Å². The Balaban J connectivity index is 1.74. The number of aromatic nitrogens is 4. The summed E-state index contributed by atoms with van der Waals surface area (Å²) in [5.74, 6) is 0.347. The predicted octanol–water partition coefficient (Wildman–Crippen LogP) is 0.992. The monoisotopic (exact) mass is 720 g/mol. The Labute approximate surface area is 196 Å². The Morgan fingerprint density at radius 3 is 1.64 bits per heavy atom. The van der Waals surface area contributed by atoms with Crippen LogP contribution in [0.2, 0.25) is 0 Å². The molecule has 0 aromatic rings. The van der Waals surface area contributed by atoms with Gasteiger partial charge in [-0.05, 0) is 0 Å². The van der Waals surface area contributed by atoms with Crippen molar-refractivity contribution in [3.63, 3.8) is 0 Å². The topological polar surface area (TPSA) is 60.4 Å². The molecule has 4 aliphatic rings. The summed E-state index contributed by atoms with van der Waals surface area (Å²) in [4.78, 5) is 1.02. The number of pyridine rings is 2. The van der Waals surface area contributed by atoms with Gasteiger partial charge in [0, 0.05) is 0 Å². The molecule has 0 saturated carbocycles. The summed E-state index contributed by atoms with van der Waals surface area (Å²) in [5.41, 5.74) is 0.810. The van der Waals surface area contributed by atoms with E-state index >= 15 is 0 Å². The van der Waals surface area contributed by atoms with Crippen LogP contribution in [0.3, 0.4) is 0 Å². The van der Waals surface area contributed by atoms with Gasteiger partial charge in [0.2, 0.25) is 0 Å². The van der Waals surface area contributed by atoms with Crippen molar-refractivity contribution in [1.29, 1.82) is 0 Å². The maximum absolute atomic E-state index is 14.5. The molecule has 0 fully saturated rings. The van der Waals surface area contributed by atoms with Gasteiger partial charge in [0.15, 0.2) is 0 Å². The van der Waals surface area contributed by atoms with E-state index in [1.54, 1.807) is 23.2 Å². The number of rotatable bonds is 3. The Hall–Kier alpha value is 0.318. The molecular weight excluding hydrogens is 710 g/mol. The van der Waals surface area contributed by atoms with Gasteiger partial charge in [0.05, 0.1) is 0 Å². The fourth-order valence-electron chi connectivity index (χ4n) is 2.25. The van der Waals surface area contributed by atoms with Crippen molar-refractivity contribution in [2.45, 2.75) is 0 Å². The van der Waals surface area contributed by atoms with Crippen LogP contribution in [-0.2, 0) is 14.1 Å². The summed E-state index contributed by atoms with van der Waals surface area (Å²) in [6, 6.07) is 0. The van der Waals surface area contributed by atoms with Crippen LogP contribution in [0.1, 0.15) is 0 Å². The van der Waals surface area contributed by atoms with E-state index in [9.17, 15) is 8.78 Å². The minimum absolute atomic E-state index is 0.0668. The third kappa shape index (κ3) is 3.72. The summed E-state index contributed by atoms with van der Waals surface area (Å²) >= 11 is 9.76. The molecule has 0 amide bonds. The maximum atomic E-state index is 14.5. The molecule has 0 spiro atoms. The van der Waals surface area contributed by atoms with Gasteiger partial charge in [-0.15, -0.1) is 0 Å². The molecule has 6 nitrogen and oxygen atoms in total. The summed E-state index contributed by atoms with van der Waals surface area (Å²) in [6.07, 6.45) is 0. The predicted molar refractivity (Wildman–Crippen MR) is 114 cm³/mol. The Kier molecular flexibility index (Phi) is 6.79. The molecule has 0 aromatic carbocycles. The molecule has 0 bridgehead atoms. The van der Waals surface area contributed by atoms with Crippen molar-refractivity contribution in [2.75, 3.05) is 0 Å². The van der Waals surface area contributed by atoms with E-state index in [0.717, 1.165) is 0 Å². The fraction of sp³-hybridized carbons (Fsp3) is 0.167. The van der Waals surface area contributed by atoms with Gasteiger partial charge in [0.25, 0.3) is 0 Å². The molecule has 0 N–H and O–H groups in total. The van der Waals surface area contributed by atoms with Crippen molar-refractivity contribution in [3.8, 4) is 21.4 Å². The van der Waals surface area contributed by atoms with Crippen LogP contribution in [0.4, 0.5) is 8.78 Å². The first-order chi connectivity index (χ1) is 13.4. The molecule has 4 heterocycles. The van der Waals surface area contributed by atoms with Crippen LogP contribution >= 0.6 is 43.9 Å². The van der Waals surface area contributed by atoms with Gasteiger partial charge in [-0.2, -0.15) is 0 Å².